The summed E-state index contributed by atoms with van der Waals surface area (Å²) in [4.78, 5) is 14.3. The van der Waals surface area contributed by atoms with Gasteiger partial charge in [0.1, 0.15) is 17.4 Å². The lowest BCUT2D eigenvalue weighted by atomic mass is 10.1. The van der Waals surface area contributed by atoms with Gasteiger partial charge in [0.2, 0.25) is 5.43 Å². The number of nitriles is 1. The van der Waals surface area contributed by atoms with Gasteiger partial charge in [-0.2, -0.15) is 5.26 Å². The van der Waals surface area contributed by atoms with Crippen LogP contribution in [0.3, 0.4) is 0 Å². The Morgan fingerprint density at radius 2 is 2.20 bits per heavy atom. The minimum Gasteiger partial charge on any atom is -0.357 e. The maximum absolute atomic E-state index is 13.4. The minimum absolute atomic E-state index is 0.00694. The summed E-state index contributed by atoms with van der Waals surface area (Å²) in [5.41, 5.74) is 0.353. The molecule has 0 aliphatic heterocycles. The summed E-state index contributed by atoms with van der Waals surface area (Å²) in [6.07, 6.45) is 1.23. The molecule has 15 heavy (non-hydrogen) atoms. The smallest absolute Gasteiger partial charge is 0.207 e. The average molecular weight is 202 g/mol. The van der Waals surface area contributed by atoms with Gasteiger partial charge in [-0.25, -0.2) is 4.39 Å². The fourth-order valence-electron chi connectivity index (χ4n) is 1.51. The molecule has 4 heteroatoms. The summed E-state index contributed by atoms with van der Waals surface area (Å²) in [6.45, 7) is 1.70. The number of fused-ring (bicyclic) bond motifs is 1. The second-order valence-corrected chi connectivity index (χ2v) is 3.31. The zero-order valence-electron chi connectivity index (χ0n) is 7.97. The highest BCUT2D eigenvalue weighted by molar-refractivity contribution is 5.80. The standard InChI is InChI=1S/C11H7FN2O/c1-6-2-8-10(9(12)3-6)14-5-7(4-13)11(8)15/h2-3,5H,1H3,(H,14,15). The van der Waals surface area contributed by atoms with Crippen molar-refractivity contribution in [2.45, 2.75) is 6.92 Å². The summed E-state index contributed by atoms with van der Waals surface area (Å²) in [5.74, 6) is -0.480. The van der Waals surface area contributed by atoms with E-state index >= 15 is 0 Å². The van der Waals surface area contributed by atoms with Crippen LogP contribution < -0.4 is 5.43 Å². The Hall–Kier alpha value is -2.15. The van der Waals surface area contributed by atoms with E-state index in [1.165, 1.54) is 12.3 Å². The molecule has 0 amide bonds. The third kappa shape index (κ3) is 1.38. The molecular formula is C11H7FN2O. The van der Waals surface area contributed by atoms with Crippen molar-refractivity contribution in [3.63, 3.8) is 0 Å². The number of pyridine rings is 1. The van der Waals surface area contributed by atoms with E-state index in [9.17, 15) is 9.18 Å². The van der Waals surface area contributed by atoms with Crippen LogP contribution in [0.15, 0.2) is 23.1 Å². The number of hydrogen-bond acceptors (Lipinski definition) is 2. The first-order valence-electron chi connectivity index (χ1n) is 4.35. The highest BCUT2D eigenvalue weighted by atomic mass is 19.1. The lowest BCUT2D eigenvalue weighted by Gasteiger charge is -2.01. The molecule has 0 saturated carbocycles. The van der Waals surface area contributed by atoms with Gasteiger partial charge in [0.15, 0.2) is 0 Å². The predicted octanol–water partition coefficient (Wildman–Crippen LogP) is 1.85. The SMILES string of the molecule is Cc1cc(F)c2[nH]cc(C#N)c(=O)c2c1. The molecule has 0 bridgehead atoms. The third-order valence-electron chi connectivity index (χ3n) is 2.21. The number of rotatable bonds is 0. The van der Waals surface area contributed by atoms with Crippen LogP contribution in [-0.2, 0) is 0 Å². The van der Waals surface area contributed by atoms with Crippen molar-refractivity contribution in [1.29, 1.82) is 5.26 Å². The predicted molar refractivity (Wildman–Crippen MR) is 54.0 cm³/mol. The number of aryl methyl sites for hydroxylation is 1. The third-order valence-corrected chi connectivity index (χ3v) is 2.21. The Balaban J connectivity index is 3.01. The largest absolute Gasteiger partial charge is 0.357 e. The van der Waals surface area contributed by atoms with Crippen molar-refractivity contribution in [3.8, 4) is 6.07 Å². The molecular weight excluding hydrogens is 195 g/mol. The molecule has 0 aliphatic rings. The molecule has 1 aromatic heterocycles. The molecule has 0 aliphatic carbocycles. The van der Waals surface area contributed by atoms with Crippen molar-refractivity contribution in [2.75, 3.05) is 0 Å². The number of aromatic nitrogens is 1. The van der Waals surface area contributed by atoms with E-state index < -0.39 is 11.2 Å². The highest BCUT2D eigenvalue weighted by Gasteiger charge is 2.08. The van der Waals surface area contributed by atoms with E-state index in [2.05, 4.69) is 4.98 Å². The van der Waals surface area contributed by atoms with Gasteiger partial charge >= 0.3 is 0 Å². The summed E-state index contributed by atoms with van der Waals surface area (Å²) < 4.78 is 13.4. The molecule has 0 saturated heterocycles. The number of halogens is 1. The lowest BCUT2D eigenvalue weighted by Crippen LogP contribution is -2.08. The maximum Gasteiger partial charge on any atom is 0.207 e. The molecule has 1 aromatic carbocycles. The summed E-state index contributed by atoms with van der Waals surface area (Å²) in [6, 6.07) is 4.67. The molecule has 0 unspecified atom stereocenters. The maximum atomic E-state index is 13.4. The molecule has 0 radical (unpaired) electrons. The summed E-state index contributed by atoms with van der Waals surface area (Å²) in [5, 5.41) is 8.87. The molecule has 2 aromatic rings. The zero-order valence-corrected chi connectivity index (χ0v) is 7.97. The van der Waals surface area contributed by atoms with Gasteiger partial charge in [0.05, 0.1) is 10.9 Å². The van der Waals surface area contributed by atoms with Crippen LogP contribution in [0.1, 0.15) is 11.1 Å². The van der Waals surface area contributed by atoms with Gasteiger partial charge in [-0.1, -0.05) is 0 Å². The Labute approximate surface area is 84.8 Å². The Bertz CT molecular complexity index is 637. The Morgan fingerprint density at radius 1 is 1.47 bits per heavy atom. The van der Waals surface area contributed by atoms with Gasteiger partial charge in [-0.15, -0.1) is 0 Å². The number of benzene rings is 1. The number of nitrogens with zero attached hydrogens (tertiary/aromatic N) is 1. The molecule has 0 fully saturated rings. The van der Waals surface area contributed by atoms with E-state index in [1.54, 1.807) is 19.1 Å². The van der Waals surface area contributed by atoms with E-state index in [4.69, 9.17) is 5.26 Å². The number of hydrogen-bond donors (Lipinski definition) is 1. The van der Waals surface area contributed by atoms with Gasteiger partial charge in [0, 0.05) is 6.20 Å². The van der Waals surface area contributed by atoms with E-state index in [-0.39, 0.29) is 16.5 Å². The van der Waals surface area contributed by atoms with Crippen LogP contribution in [0.5, 0.6) is 0 Å². The van der Waals surface area contributed by atoms with E-state index in [1.807, 2.05) is 0 Å². The molecule has 2 rings (SSSR count). The fourth-order valence-corrected chi connectivity index (χ4v) is 1.51. The van der Waals surface area contributed by atoms with Gasteiger partial charge < -0.3 is 4.98 Å². The van der Waals surface area contributed by atoms with Crippen LogP contribution in [0, 0.1) is 24.1 Å². The van der Waals surface area contributed by atoms with Crippen molar-refractivity contribution < 1.29 is 4.39 Å². The van der Waals surface area contributed by atoms with Gasteiger partial charge in [0.25, 0.3) is 0 Å². The van der Waals surface area contributed by atoms with Crippen LogP contribution in [0.25, 0.3) is 10.9 Å². The average Bonchev–Trinajstić information content (AvgIpc) is 2.19. The summed E-state index contributed by atoms with van der Waals surface area (Å²) >= 11 is 0. The van der Waals surface area contributed by atoms with Crippen LogP contribution in [0.2, 0.25) is 0 Å². The Morgan fingerprint density at radius 3 is 2.87 bits per heavy atom. The van der Waals surface area contributed by atoms with Crippen LogP contribution in [0.4, 0.5) is 4.39 Å². The first-order valence-corrected chi connectivity index (χ1v) is 4.35. The van der Waals surface area contributed by atoms with E-state index in [0.29, 0.717) is 5.56 Å². The quantitative estimate of drug-likeness (QED) is 0.708. The molecule has 1 heterocycles. The van der Waals surface area contributed by atoms with E-state index in [0.717, 1.165) is 0 Å². The number of aromatic amines is 1. The van der Waals surface area contributed by atoms with Crippen LogP contribution >= 0.6 is 0 Å². The minimum atomic E-state index is -0.480. The van der Waals surface area contributed by atoms with Crippen molar-refractivity contribution >= 4 is 10.9 Å². The fraction of sp³-hybridized carbons (Fsp3) is 0.0909. The zero-order chi connectivity index (χ0) is 11.0. The molecule has 74 valence electrons. The second kappa shape index (κ2) is 3.21. The molecule has 1 N–H and O–H groups in total. The van der Waals surface area contributed by atoms with Crippen molar-refractivity contribution in [2.24, 2.45) is 0 Å². The number of H-pyrrole nitrogens is 1. The monoisotopic (exact) mass is 202 g/mol. The van der Waals surface area contributed by atoms with Crippen molar-refractivity contribution in [3.05, 3.63) is 45.5 Å². The van der Waals surface area contributed by atoms with Crippen molar-refractivity contribution in [1.82, 2.24) is 4.98 Å². The van der Waals surface area contributed by atoms with Crippen LogP contribution in [-0.4, -0.2) is 4.98 Å². The topological polar surface area (TPSA) is 56.6 Å². The van der Waals surface area contributed by atoms with Gasteiger partial charge in [-0.3, -0.25) is 4.79 Å². The molecule has 3 nitrogen and oxygen atoms in total. The summed E-state index contributed by atoms with van der Waals surface area (Å²) in [7, 11) is 0. The highest BCUT2D eigenvalue weighted by Crippen LogP contribution is 2.14. The molecule has 0 atom stereocenters. The second-order valence-electron chi connectivity index (χ2n) is 3.31. The Kier molecular flexibility index (Phi) is 2.01. The lowest BCUT2D eigenvalue weighted by molar-refractivity contribution is 0.635. The normalized spacial score (nSPS) is 10.2. The number of nitrogens with one attached hydrogen (secondary N) is 1. The first-order chi connectivity index (χ1) is 7.13. The van der Waals surface area contributed by atoms with Gasteiger partial charge in [-0.05, 0) is 24.6 Å². The molecule has 0 spiro atoms. The first kappa shape index (κ1) is 9.41.